The van der Waals surface area contributed by atoms with E-state index >= 15 is 0 Å². The summed E-state index contributed by atoms with van der Waals surface area (Å²) in [5.41, 5.74) is 2.29. The molecule has 0 unspecified atom stereocenters. The molecule has 0 spiro atoms. The molecule has 2 fully saturated rings. The van der Waals surface area contributed by atoms with E-state index < -0.39 is 0 Å². The van der Waals surface area contributed by atoms with Crippen molar-refractivity contribution in [2.75, 3.05) is 6.54 Å². The van der Waals surface area contributed by atoms with E-state index in [2.05, 4.69) is 15.2 Å². The fourth-order valence-corrected chi connectivity index (χ4v) is 3.75. The van der Waals surface area contributed by atoms with Crippen LogP contribution >= 0.6 is 0 Å². The average Bonchev–Trinajstić information content (AvgIpc) is 3.26. The molecule has 2 atom stereocenters. The molecular formula is C17H19N5O2. The number of hydrogen-bond donors (Lipinski definition) is 1. The molecule has 1 N–H and O–H groups in total. The fourth-order valence-electron chi connectivity index (χ4n) is 3.75. The minimum Gasteiger partial charge on any atom is -0.333 e. The van der Waals surface area contributed by atoms with Crippen LogP contribution in [0, 0.1) is 6.92 Å². The summed E-state index contributed by atoms with van der Waals surface area (Å²) in [7, 11) is 0. The Bertz CT molecular complexity index is 772. The SMILES string of the molecule is Cc1cc(C(=O)N2CC[C@H]3[C@H]2CC(=O)N3Cc2cccnc2)n[nH]1. The highest BCUT2D eigenvalue weighted by Gasteiger charge is 2.48. The molecule has 2 aromatic heterocycles. The lowest BCUT2D eigenvalue weighted by atomic mass is 10.1. The maximum Gasteiger partial charge on any atom is 0.274 e. The van der Waals surface area contributed by atoms with Gasteiger partial charge in [-0.3, -0.25) is 19.7 Å². The molecule has 7 nitrogen and oxygen atoms in total. The zero-order valence-corrected chi connectivity index (χ0v) is 13.5. The van der Waals surface area contributed by atoms with Gasteiger partial charge in [-0.2, -0.15) is 5.10 Å². The van der Waals surface area contributed by atoms with Crippen LogP contribution in [-0.4, -0.2) is 55.4 Å². The van der Waals surface area contributed by atoms with E-state index in [1.165, 1.54) is 0 Å². The number of hydrogen-bond acceptors (Lipinski definition) is 4. The first kappa shape index (κ1) is 14.9. The van der Waals surface area contributed by atoms with Crippen molar-refractivity contribution in [2.24, 2.45) is 0 Å². The largest absolute Gasteiger partial charge is 0.333 e. The van der Waals surface area contributed by atoms with Gasteiger partial charge in [0, 0.05) is 37.6 Å². The Hall–Kier alpha value is -2.70. The van der Waals surface area contributed by atoms with Crippen LogP contribution < -0.4 is 0 Å². The van der Waals surface area contributed by atoms with E-state index in [0.29, 0.717) is 25.2 Å². The van der Waals surface area contributed by atoms with Crippen LogP contribution in [0.2, 0.25) is 0 Å². The normalized spacial score (nSPS) is 23.0. The smallest absolute Gasteiger partial charge is 0.274 e. The molecule has 2 aliphatic rings. The molecule has 2 aromatic rings. The minimum atomic E-state index is -0.0946. The Labute approximate surface area is 139 Å². The summed E-state index contributed by atoms with van der Waals surface area (Å²) < 4.78 is 0. The van der Waals surface area contributed by atoms with Gasteiger partial charge in [-0.25, -0.2) is 0 Å². The predicted octanol–water partition coefficient (Wildman–Crippen LogP) is 1.13. The molecule has 0 aromatic carbocycles. The molecular weight excluding hydrogens is 306 g/mol. The third-order valence-corrected chi connectivity index (χ3v) is 4.88. The summed E-state index contributed by atoms with van der Waals surface area (Å²) in [6, 6.07) is 5.62. The minimum absolute atomic E-state index is 0.0568. The number of aromatic nitrogens is 3. The van der Waals surface area contributed by atoms with Gasteiger partial charge >= 0.3 is 0 Å². The van der Waals surface area contributed by atoms with Crippen molar-refractivity contribution in [1.29, 1.82) is 0 Å². The number of fused-ring (bicyclic) bond motifs is 1. The number of rotatable bonds is 3. The number of aryl methyl sites for hydroxylation is 1. The van der Waals surface area contributed by atoms with Gasteiger partial charge in [0.2, 0.25) is 5.91 Å². The molecule has 2 aliphatic heterocycles. The number of carbonyl (C=O) groups excluding carboxylic acids is 2. The van der Waals surface area contributed by atoms with Gasteiger partial charge in [0.15, 0.2) is 0 Å². The van der Waals surface area contributed by atoms with Gasteiger partial charge in [-0.05, 0) is 31.0 Å². The fraction of sp³-hybridized carbons (Fsp3) is 0.412. The lowest BCUT2D eigenvalue weighted by Gasteiger charge is -2.25. The molecule has 4 rings (SSSR count). The summed E-state index contributed by atoms with van der Waals surface area (Å²) in [6.45, 7) is 3.08. The quantitative estimate of drug-likeness (QED) is 0.917. The topological polar surface area (TPSA) is 82.2 Å². The van der Waals surface area contributed by atoms with Gasteiger partial charge in [0.25, 0.3) is 5.91 Å². The molecule has 2 amide bonds. The van der Waals surface area contributed by atoms with E-state index in [-0.39, 0.29) is 23.9 Å². The first-order valence-electron chi connectivity index (χ1n) is 8.15. The maximum absolute atomic E-state index is 12.7. The van der Waals surface area contributed by atoms with E-state index in [1.807, 2.05) is 24.0 Å². The highest BCUT2D eigenvalue weighted by Crippen LogP contribution is 2.34. The summed E-state index contributed by atoms with van der Waals surface area (Å²) in [6.07, 6.45) is 4.71. The highest BCUT2D eigenvalue weighted by atomic mass is 16.2. The summed E-state index contributed by atoms with van der Waals surface area (Å²) in [5.74, 6) is 0.00689. The van der Waals surface area contributed by atoms with Crippen molar-refractivity contribution in [3.8, 4) is 0 Å². The lowest BCUT2D eigenvalue weighted by Crippen LogP contribution is -2.39. The van der Waals surface area contributed by atoms with Crippen LogP contribution in [-0.2, 0) is 11.3 Å². The Balaban J connectivity index is 1.52. The van der Waals surface area contributed by atoms with E-state index in [9.17, 15) is 9.59 Å². The van der Waals surface area contributed by atoms with Crippen molar-refractivity contribution in [1.82, 2.24) is 25.0 Å². The zero-order valence-electron chi connectivity index (χ0n) is 13.5. The van der Waals surface area contributed by atoms with Gasteiger partial charge in [0.05, 0.1) is 12.1 Å². The van der Waals surface area contributed by atoms with Crippen LogP contribution in [0.1, 0.15) is 34.6 Å². The van der Waals surface area contributed by atoms with E-state index in [0.717, 1.165) is 17.7 Å². The molecule has 0 bridgehead atoms. The molecule has 24 heavy (non-hydrogen) atoms. The van der Waals surface area contributed by atoms with Crippen molar-refractivity contribution in [3.63, 3.8) is 0 Å². The first-order chi connectivity index (χ1) is 11.6. The number of nitrogens with zero attached hydrogens (tertiary/aromatic N) is 4. The standard InChI is InChI=1S/C17H19N5O2/c1-11-7-13(20-19-11)17(24)21-6-4-14-15(21)8-16(23)22(14)10-12-3-2-5-18-9-12/h2-3,5,7,9,14-15H,4,6,8,10H2,1H3,(H,19,20)/t14-,15+/m0/s1. The van der Waals surface area contributed by atoms with Crippen LogP contribution in [0.25, 0.3) is 0 Å². The van der Waals surface area contributed by atoms with Gasteiger partial charge < -0.3 is 9.80 Å². The molecule has 124 valence electrons. The van der Waals surface area contributed by atoms with Gasteiger partial charge in [-0.1, -0.05) is 6.07 Å². The second kappa shape index (κ2) is 5.74. The summed E-state index contributed by atoms with van der Waals surface area (Å²) in [4.78, 5) is 32.9. The second-order valence-corrected chi connectivity index (χ2v) is 6.45. The molecule has 0 radical (unpaired) electrons. The molecule has 0 saturated carbocycles. The lowest BCUT2D eigenvalue weighted by molar-refractivity contribution is -0.129. The third-order valence-electron chi connectivity index (χ3n) is 4.88. The van der Waals surface area contributed by atoms with Crippen molar-refractivity contribution in [3.05, 3.63) is 47.5 Å². The number of nitrogens with one attached hydrogen (secondary N) is 1. The predicted molar refractivity (Wildman–Crippen MR) is 86.0 cm³/mol. The second-order valence-electron chi connectivity index (χ2n) is 6.45. The Morgan fingerprint density at radius 3 is 3.00 bits per heavy atom. The van der Waals surface area contributed by atoms with E-state index in [1.54, 1.807) is 23.4 Å². The summed E-state index contributed by atoms with van der Waals surface area (Å²) >= 11 is 0. The zero-order chi connectivity index (χ0) is 16.7. The van der Waals surface area contributed by atoms with Gasteiger partial charge in [0.1, 0.15) is 5.69 Å². The Kier molecular flexibility index (Phi) is 3.55. The molecule has 0 aliphatic carbocycles. The Morgan fingerprint density at radius 2 is 2.29 bits per heavy atom. The van der Waals surface area contributed by atoms with Gasteiger partial charge in [-0.15, -0.1) is 0 Å². The number of pyridine rings is 1. The van der Waals surface area contributed by atoms with Crippen LogP contribution in [0.15, 0.2) is 30.6 Å². The number of H-pyrrole nitrogens is 1. The maximum atomic E-state index is 12.7. The number of aromatic amines is 1. The summed E-state index contributed by atoms with van der Waals surface area (Å²) in [5, 5.41) is 6.86. The average molecular weight is 325 g/mol. The van der Waals surface area contributed by atoms with Crippen molar-refractivity contribution < 1.29 is 9.59 Å². The first-order valence-corrected chi connectivity index (χ1v) is 8.15. The third kappa shape index (κ3) is 2.46. The molecule has 7 heteroatoms. The molecule has 2 saturated heterocycles. The monoisotopic (exact) mass is 325 g/mol. The van der Waals surface area contributed by atoms with Crippen LogP contribution in [0.4, 0.5) is 0 Å². The van der Waals surface area contributed by atoms with Crippen molar-refractivity contribution in [2.45, 2.75) is 38.4 Å². The number of likely N-dealkylation sites (tertiary alicyclic amines) is 2. The van der Waals surface area contributed by atoms with Crippen LogP contribution in [0.3, 0.4) is 0 Å². The van der Waals surface area contributed by atoms with Crippen molar-refractivity contribution >= 4 is 11.8 Å². The number of amides is 2. The van der Waals surface area contributed by atoms with Crippen LogP contribution in [0.5, 0.6) is 0 Å². The molecule has 4 heterocycles. The number of carbonyl (C=O) groups is 2. The highest BCUT2D eigenvalue weighted by molar-refractivity contribution is 5.94. The van der Waals surface area contributed by atoms with E-state index in [4.69, 9.17) is 0 Å². The Morgan fingerprint density at radius 1 is 1.42 bits per heavy atom.